The molecular formula is C31H52O2. The van der Waals surface area contributed by atoms with Crippen molar-refractivity contribution < 1.29 is 9.53 Å². The van der Waals surface area contributed by atoms with Gasteiger partial charge in [-0.2, -0.15) is 0 Å². The SMILES string of the molecule is CC(C)CCC[C@@H](C)[C@@H]1CC[C@@H]2[C@H]3C(=O)C=C4C[C@@H](OC(C)(C)C)CC[C@]4(C)[C@@H]3CC[C@]21C. The average Bonchev–Trinajstić information content (AvgIpc) is 3.05. The standard InChI is InChI=1S/C31H52O2/c1-20(2)10-9-11-21(3)24-12-13-25-28-26(15-17-31(24,25)8)30(7)16-14-23(33-29(4,5)6)18-22(30)19-27(28)32/h19-21,23-26,28H,9-18H2,1-8H3/t21-,23+,24+,25-,26-,28-,30+,31+/m1/s1. The lowest BCUT2D eigenvalue weighted by molar-refractivity contribution is -0.137. The Morgan fingerprint density at radius 1 is 1.00 bits per heavy atom. The van der Waals surface area contributed by atoms with Crippen molar-refractivity contribution in [1.29, 1.82) is 0 Å². The molecule has 188 valence electrons. The number of carbonyl (C=O) groups is 1. The van der Waals surface area contributed by atoms with Crippen molar-refractivity contribution in [2.24, 2.45) is 46.3 Å². The highest BCUT2D eigenvalue weighted by atomic mass is 16.5. The predicted molar refractivity (Wildman–Crippen MR) is 138 cm³/mol. The van der Waals surface area contributed by atoms with Crippen LogP contribution in [0.25, 0.3) is 0 Å². The van der Waals surface area contributed by atoms with Crippen molar-refractivity contribution >= 4 is 5.78 Å². The molecule has 3 saturated carbocycles. The normalized spacial score (nSPS) is 41.9. The summed E-state index contributed by atoms with van der Waals surface area (Å²) in [5.74, 6) is 4.29. The first kappa shape index (κ1) is 25.5. The van der Waals surface area contributed by atoms with Crippen molar-refractivity contribution in [3.63, 3.8) is 0 Å². The maximum atomic E-state index is 13.7. The zero-order valence-corrected chi connectivity index (χ0v) is 23.0. The second-order valence-electron chi connectivity index (χ2n) is 14.4. The average molecular weight is 457 g/mol. The molecule has 0 saturated heterocycles. The molecule has 33 heavy (non-hydrogen) atoms. The fourth-order valence-electron chi connectivity index (χ4n) is 8.99. The van der Waals surface area contributed by atoms with Gasteiger partial charge in [0.25, 0.3) is 0 Å². The van der Waals surface area contributed by atoms with Crippen molar-refractivity contribution in [2.75, 3.05) is 0 Å². The van der Waals surface area contributed by atoms with Crippen LogP contribution in [0.3, 0.4) is 0 Å². The molecule has 0 aromatic rings. The first-order valence-electron chi connectivity index (χ1n) is 14.3. The van der Waals surface area contributed by atoms with Gasteiger partial charge in [0.15, 0.2) is 5.78 Å². The van der Waals surface area contributed by atoms with Crippen molar-refractivity contribution in [2.45, 2.75) is 131 Å². The molecule has 4 aliphatic rings. The Bertz CT molecular complexity index is 757. The number of fused-ring (bicyclic) bond motifs is 5. The number of ether oxygens (including phenoxy) is 1. The van der Waals surface area contributed by atoms with Crippen LogP contribution in [0.1, 0.15) is 120 Å². The maximum Gasteiger partial charge on any atom is 0.159 e. The fourth-order valence-corrected chi connectivity index (χ4v) is 8.99. The second kappa shape index (κ2) is 9.11. The molecule has 8 atom stereocenters. The summed E-state index contributed by atoms with van der Waals surface area (Å²) in [6, 6.07) is 0. The number of ketones is 1. The third kappa shape index (κ3) is 4.76. The van der Waals surface area contributed by atoms with Crippen LogP contribution in [0.15, 0.2) is 11.6 Å². The van der Waals surface area contributed by atoms with E-state index in [-0.39, 0.29) is 23.0 Å². The summed E-state index contributed by atoms with van der Waals surface area (Å²) in [6.45, 7) is 18.7. The van der Waals surface area contributed by atoms with E-state index < -0.39 is 0 Å². The molecule has 0 aromatic heterocycles. The quantitative estimate of drug-likeness (QED) is 0.401. The van der Waals surface area contributed by atoms with Gasteiger partial charge in [-0.15, -0.1) is 0 Å². The minimum Gasteiger partial charge on any atom is -0.372 e. The Labute approximate surface area is 204 Å². The van der Waals surface area contributed by atoms with E-state index in [0.29, 0.717) is 23.0 Å². The van der Waals surface area contributed by atoms with Gasteiger partial charge in [-0.05, 0) is 112 Å². The maximum absolute atomic E-state index is 13.7. The lowest BCUT2D eigenvalue weighted by atomic mass is 9.46. The molecule has 0 heterocycles. The zero-order valence-electron chi connectivity index (χ0n) is 23.0. The van der Waals surface area contributed by atoms with E-state index in [0.717, 1.165) is 30.6 Å². The number of allylic oxidation sites excluding steroid dienone is 1. The van der Waals surface area contributed by atoms with Crippen LogP contribution in [-0.4, -0.2) is 17.5 Å². The molecule has 3 fully saturated rings. The Morgan fingerprint density at radius 3 is 2.39 bits per heavy atom. The highest BCUT2D eigenvalue weighted by molar-refractivity contribution is 5.94. The Kier molecular flexibility index (Phi) is 7.03. The van der Waals surface area contributed by atoms with E-state index in [2.05, 4.69) is 61.5 Å². The van der Waals surface area contributed by atoms with E-state index in [1.807, 2.05) is 0 Å². The summed E-state index contributed by atoms with van der Waals surface area (Å²) in [4.78, 5) is 13.7. The van der Waals surface area contributed by atoms with Gasteiger partial charge < -0.3 is 4.74 Å². The monoisotopic (exact) mass is 456 g/mol. The summed E-state index contributed by atoms with van der Waals surface area (Å²) >= 11 is 0. The van der Waals surface area contributed by atoms with Crippen LogP contribution in [0, 0.1) is 46.3 Å². The van der Waals surface area contributed by atoms with Gasteiger partial charge in [0.2, 0.25) is 0 Å². The lowest BCUT2D eigenvalue weighted by Crippen LogP contribution is -2.54. The van der Waals surface area contributed by atoms with Crippen LogP contribution >= 0.6 is 0 Å². The van der Waals surface area contributed by atoms with Crippen LogP contribution < -0.4 is 0 Å². The lowest BCUT2D eigenvalue weighted by Gasteiger charge is -2.58. The van der Waals surface area contributed by atoms with Crippen LogP contribution in [0.2, 0.25) is 0 Å². The third-order valence-electron chi connectivity index (χ3n) is 10.6. The molecule has 0 radical (unpaired) electrons. The molecule has 0 spiro atoms. The predicted octanol–water partition coefficient (Wildman–Crippen LogP) is 8.39. The Hall–Kier alpha value is -0.630. The summed E-state index contributed by atoms with van der Waals surface area (Å²) in [7, 11) is 0. The van der Waals surface area contributed by atoms with E-state index in [1.54, 1.807) is 0 Å². The molecule has 0 amide bonds. The molecule has 4 rings (SSSR count). The number of carbonyl (C=O) groups excluding carboxylic acids is 1. The van der Waals surface area contributed by atoms with Crippen molar-refractivity contribution in [1.82, 2.24) is 0 Å². The summed E-state index contributed by atoms with van der Waals surface area (Å²) < 4.78 is 6.36. The first-order chi connectivity index (χ1) is 15.3. The van der Waals surface area contributed by atoms with Gasteiger partial charge in [-0.25, -0.2) is 0 Å². The smallest absolute Gasteiger partial charge is 0.159 e. The van der Waals surface area contributed by atoms with Gasteiger partial charge >= 0.3 is 0 Å². The molecule has 0 N–H and O–H groups in total. The van der Waals surface area contributed by atoms with Crippen molar-refractivity contribution in [3.8, 4) is 0 Å². The van der Waals surface area contributed by atoms with Gasteiger partial charge in [-0.1, -0.05) is 59.5 Å². The second-order valence-corrected chi connectivity index (χ2v) is 14.4. The van der Waals surface area contributed by atoms with E-state index in [4.69, 9.17) is 4.74 Å². The van der Waals surface area contributed by atoms with Crippen LogP contribution in [0.5, 0.6) is 0 Å². The van der Waals surface area contributed by atoms with Gasteiger partial charge in [0, 0.05) is 5.92 Å². The van der Waals surface area contributed by atoms with E-state index in [9.17, 15) is 4.79 Å². The highest BCUT2D eigenvalue weighted by Gasteiger charge is 2.61. The van der Waals surface area contributed by atoms with Crippen molar-refractivity contribution in [3.05, 3.63) is 11.6 Å². The third-order valence-corrected chi connectivity index (χ3v) is 10.6. The number of hydrogen-bond acceptors (Lipinski definition) is 2. The molecule has 4 aliphatic carbocycles. The molecule has 2 heteroatoms. The van der Waals surface area contributed by atoms with Gasteiger partial charge in [-0.3, -0.25) is 4.79 Å². The highest BCUT2D eigenvalue weighted by Crippen LogP contribution is 2.66. The van der Waals surface area contributed by atoms with Gasteiger partial charge in [0.05, 0.1) is 11.7 Å². The molecule has 0 unspecified atom stereocenters. The first-order valence-corrected chi connectivity index (χ1v) is 14.3. The fraction of sp³-hybridized carbons (Fsp3) is 0.903. The minimum atomic E-state index is -0.114. The number of rotatable bonds is 6. The molecule has 0 aromatic carbocycles. The van der Waals surface area contributed by atoms with Gasteiger partial charge in [0.1, 0.15) is 0 Å². The zero-order chi connectivity index (χ0) is 24.2. The van der Waals surface area contributed by atoms with E-state index in [1.165, 1.54) is 56.9 Å². The Balaban J connectivity index is 1.51. The largest absolute Gasteiger partial charge is 0.372 e. The molecule has 2 nitrogen and oxygen atoms in total. The number of hydrogen-bond donors (Lipinski definition) is 0. The van der Waals surface area contributed by atoms with Crippen LogP contribution in [0.4, 0.5) is 0 Å². The summed E-state index contributed by atoms with van der Waals surface area (Å²) in [6.07, 6.45) is 14.9. The molecule has 0 bridgehead atoms. The summed E-state index contributed by atoms with van der Waals surface area (Å²) in [5.41, 5.74) is 1.87. The summed E-state index contributed by atoms with van der Waals surface area (Å²) in [5, 5.41) is 0. The van der Waals surface area contributed by atoms with E-state index >= 15 is 0 Å². The molecule has 0 aliphatic heterocycles. The Morgan fingerprint density at radius 2 is 1.73 bits per heavy atom. The topological polar surface area (TPSA) is 26.3 Å². The molecular weight excluding hydrogens is 404 g/mol. The van der Waals surface area contributed by atoms with Crippen LogP contribution in [-0.2, 0) is 9.53 Å². The minimum absolute atomic E-state index is 0.114.